The minimum absolute atomic E-state index is 0.105. The van der Waals surface area contributed by atoms with Gasteiger partial charge in [-0.1, -0.05) is 6.08 Å². The molecular weight excluding hydrogens is 120 g/mol. The Morgan fingerprint density at radius 3 is 2.33 bits per heavy atom. The first kappa shape index (κ1) is 8.17. The highest BCUT2D eigenvalue weighted by Crippen LogP contribution is 1.98. The Morgan fingerprint density at radius 2 is 2.22 bits per heavy atom. The molecule has 0 spiro atoms. The van der Waals surface area contributed by atoms with Gasteiger partial charge in [0.05, 0.1) is 0 Å². The molecule has 0 aromatic carbocycles. The van der Waals surface area contributed by atoms with Crippen LogP contribution in [0.15, 0.2) is 11.6 Å². The van der Waals surface area contributed by atoms with Gasteiger partial charge in [0.2, 0.25) is 0 Å². The first-order chi connectivity index (χ1) is 4.22. The Labute approximate surface area is 53.6 Å². The van der Waals surface area contributed by atoms with Gasteiger partial charge in [-0.15, -0.1) is 0 Å². The molecular formula is C6H10O3. The van der Waals surface area contributed by atoms with Crippen LogP contribution in [0.25, 0.3) is 0 Å². The van der Waals surface area contributed by atoms with Crippen LogP contribution in [-0.2, 0) is 4.79 Å². The van der Waals surface area contributed by atoms with Crippen molar-refractivity contribution >= 4 is 5.97 Å². The lowest BCUT2D eigenvalue weighted by Crippen LogP contribution is -2.01. The Bertz CT molecular complexity index is 126. The highest BCUT2D eigenvalue weighted by molar-refractivity contribution is 5.86. The van der Waals surface area contributed by atoms with E-state index in [1.54, 1.807) is 6.92 Å². The van der Waals surface area contributed by atoms with Crippen molar-refractivity contribution in [2.75, 3.05) is 6.61 Å². The molecule has 3 heteroatoms. The minimum atomic E-state index is -0.952. The first-order valence-electron chi connectivity index (χ1n) is 2.71. The van der Waals surface area contributed by atoms with Gasteiger partial charge in [0.15, 0.2) is 0 Å². The predicted molar refractivity (Wildman–Crippen MR) is 33.1 cm³/mol. The lowest BCUT2D eigenvalue weighted by molar-refractivity contribution is -0.132. The van der Waals surface area contributed by atoms with Gasteiger partial charge < -0.3 is 10.2 Å². The molecule has 0 aliphatic heterocycles. The largest absolute Gasteiger partial charge is 0.478 e. The van der Waals surface area contributed by atoms with Crippen molar-refractivity contribution < 1.29 is 15.0 Å². The average Bonchev–Trinajstić information content (AvgIpc) is 1.82. The number of allylic oxidation sites excluding steroid dienone is 1. The van der Waals surface area contributed by atoms with Crippen LogP contribution in [0, 0.1) is 0 Å². The van der Waals surface area contributed by atoms with Crippen LogP contribution in [0.4, 0.5) is 0 Å². The zero-order valence-electron chi connectivity index (χ0n) is 5.29. The fourth-order valence-electron chi connectivity index (χ4n) is 0.495. The molecule has 3 nitrogen and oxygen atoms in total. The maximum Gasteiger partial charge on any atom is 0.331 e. The van der Waals surface area contributed by atoms with E-state index in [9.17, 15) is 4.79 Å². The summed E-state index contributed by atoms with van der Waals surface area (Å²) >= 11 is 0. The van der Waals surface area contributed by atoms with Crippen LogP contribution < -0.4 is 0 Å². The second-order valence-electron chi connectivity index (χ2n) is 1.59. The molecule has 0 rings (SSSR count). The summed E-state index contributed by atoms with van der Waals surface area (Å²) in [5, 5.41) is 16.6. The standard InChI is InChI=1S/C6H10O3/c1-2-5(3-4-7)6(8)9/h2,7H,3-4H2,1H3,(H,8,9). The van der Waals surface area contributed by atoms with Crippen molar-refractivity contribution in [3.8, 4) is 0 Å². The van der Waals surface area contributed by atoms with E-state index in [4.69, 9.17) is 10.2 Å². The lowest BCUT2D eigenvalue weighted by Gasteiger charge is -1.94. The zero-order valence-corrected chi connectivity index (χ0v) is 5.29. The first-order valence-corrected chi connectivity index (χ1v) is 2.71. The van der Waals surface area contributed by atoms with E-state index in [-0.39, 0.29) is 18.6 Å². The van der Waals surface area contributed by atoms with Crippen LogP contribution in [0.1, 0.15) is 13.3 Å². The Morgan fingerprint density at radius 1 is 1.67 bits per heavy atom. The molecule has 9 heavy (non-hydrogen) atoms. The third-order valence-electron chi connectivity index (χ3n) is 1.00. The number of rotatable bonds is 3. The van der Waals surface area contributed by atoms with E-state index in [1.807, 2.05) is 0 Å². The normalized spacial score (nSPS) is 11.6. The lowest BCUT2D eigenvalue weighted by atomic mass is 10.2. The number of carbonyl (C=O) groups is 1. The monoisotopic (exact) mass is 130 g/mol. The fraction of sp³-hybridized carbons (Fsp3) is 0.500. The maximum absolute atomic E-state index is 10.1. The summed E-state index contributed by atoms with van der Waals surface area (Å²) in [6.45, 7) is 1.53. The van der Waals surface area contributed by atoms with Gasteiger partial charge in [-0.05, 0) is 6.92 Å². The van der Waals surface area contributed by atoms with E-state index in [0.29, 0.717) is 0 Å². The topological polar surface area (TPSA) is 57.5 Å². The van der Waals surface area contributed by atoms with Gasteiger partial charge in [-0.2, -0.15) is 0 Å². The molecule has 0 heterocycles. The average molecular weight is 130 g/mol. The molecule has 0 atom stereocenters. The molecule has 0 unspecified atom stereocenters. The van der Waals surface area contributed by atoms with Crippen molar-refractivity contribution in [2.24, 2.45) is 0 Å². The minimum Gasteiger partial charge on any atom is -0.478 e. The van der Waals surface area contributed by atoms with Crippen molar-refractivity contribution in [1.29, 1.82) is 0 Å². The molecule has 0 aromatic heterocycles. The molecule has 0 saturated heterocycles. The fourth-order valence-corrected chi connectivity index (χ4v) is 0.495. The van der Waals surface area contributed by atoms with Crippen LogP contribution in [0.5, 0.6) is 0 Å². The summed E-state index contributed by atoms with van der Waals surface area (Å²) in [6, 6.07) is 0. The molecule has 0 bridgehead atoms. The van der Waals surface area contributed by atoms with Gasteiger partial charge in [-0.3, -0.25) is 0 Å². The second kappa shape index (κ2) is 4.09. The Balaban J connectivity index is 3.85. The SMILES string of the molecule is CC=C(CCO)C(=O)O. The molecule has 0 fully saturated rings. The van der Waals surface area contributed by atoms with Crippen LogP contribution in [0.3, 0.4) is 0 Å². The number of aliphatic carboxylic acids is 1. The Hall–Kier alpha value is -0.830. The van der Waals surface area contributed by atoms with E-state index in [0.717, 1.165) is 0 Å². The highest BCUT2D eigenvalue weighted by atomic mass is 16.4. The summed E-state index contributed by atoms with van der Waals surface area (Å²) in [4.78, 5) is 10.1. The van der Waals surface area contributed by atoms with Gasteiger partial charge in [0.1, 0.15) is 0 Å². The van der Waals surface area contributed by atoms with Crippen LogP contribution >= 0.6 is 0 Å². The molecule has 0 aliphatic carbocycles. The quantitative estimate of drug-likeness (QED) is 0.543. The molecule has 2 N–H and O–H groups in total. The number of hydrogen-bond acceptors (Lipinski definition) is 2. The van der Waals surface area contributed by atoms with Crippen LogP contribution in [-0.4, -0.2) is 22.8 Å². The van der Waals surface area contributed by atoms with Crippen molar-refractivity contribution in [1.82, 2.24) is 0 Å². The van der Waals surface area contributed by atoms with E-state index < -0.39 is 5.97 Å². The molecule has 0 aromatic rings. The van der Waals surface area contributed by atoms with Crippen LogP contribution in [0.2, 0.25) is 0 Å². The van der Waals surface area contributed by atoms with Crippen molar-refractivity contribution in [3.05, 3.63) is 11.6 Å². The van der Waals surface area contributed by atoms with Crippen molar-refractivity contribution in [2.45, 2.75) is 13.3 Å². The molecule has 0 saturated carbocycles. The van der Waals surface area contributed by atoms with E-state index >= 15 is 0 Å². The Kier molecular flexibility index (Phi) is 3.71. The van der Waals surface area contributed by atoms with Crippen molar-refractivity contribution in [3.63, 3.8) is 0 Å². The summed E-state index contributed by atoms with van der Waals surface area (Å²) in [7, 11) is 0. The number of carboxylic acid groups (broad SMARTS) is 1. The zero-order chi connectivity index (χ0) is 7.28. The number of carboxylic acids is 1. The van der Waals surface area contributed by atoms with Gasteiger partial charge in [0, 0.05) is 18.6 Å². The number of aliphatic hydroxyl groups is 1. The summed E-state index contributed by atoms with van der Waals surface area (Å²) in [6.07, 6.45) is 1.71. The highest BCUT2D eigenvalue weighted by Gasteiger charge is 2.02. The maximum atomic E-state index is 10.1. The summed E-state index contributed by atoms with van der Waals surface area (Å²) < 4.78 is 0. The smallest absolute Gasteiger partial charge is 0.331 e. The van der Waals surface area contributed by atoms with E-state index in [2.05, 4.69) is 0 Å². The molecule has 52 valence electrons. The number of aliphatic hydroxyl groups excluding tert-OH is 1. The molecule has 0 amide bonds. The van der Waals surface area contributed by atoms with Gasteiger partial charge in [-0.25, -0.2) is 4.79 Å². The summed E-state index contributed by atoms with van der Waals surface area (Å²) in [5.41, 5.74) is 0.262. The summed E-state index contributed by atoms with van der Waals surface area (Å²) in [5.74, 6) is -0.952. The third kappa shape index (κ3) is 2.87. The molecule has 0 aliphatic rings. The third-order valence-corrected chi connectivity index (χ3v) is 1.00. The van der Waals surface area contributed by atoms with Gasteiger partial charge >= 0.3 is 5.97 Å². The molecule has 0 radical (unpaired) electrons. The van der Waals surface area contributed by atoms with E-state index in [1.165, 1.54) is 6.08 Å². The second-order valence-corrected chi connectivity index (χ2v) is 1.59. The number of hydrogen-bond donors (Lipinski definition) is 2. The predicted octanol–water partition coefficient (Wildman–Crippen LogP) is 0.400. The van der Waals surface area contributed by atoms with Gasteiger partial charge in [0.25, 0.3) is 0 Å².